The number of amides is 1. The van der Waals surface area contributed by atoms with Crippen molar-refractivity contribution in [3.05, 3.63) is 35.9 Å². The van der Waals surface area contributed by atoms with Crippen molar-refractivity contribution in [1.82, 2.24) is 15.5 Å². The number of nitrogens with zero attached hydrogens (tertiary/aromatic N) is 1. The van der Waals surface area contributed by atoms with Gasteiger partial charge in [0.05, 0.1) is 0 Å². The minimum atomic E-state index is -3.45. The van der Waals surface area contributed by atoms with E-state index in [0.717, 1.165) is 6.54 Å². The molecule has 26 heavy (non-hydrogen) atoms. The summed E-state index contributed by atoms with van der Waals surface area (Å²) in [7, 11) is -1.47. The molecule has 1 saturated heterocycles. The van der Waals surface area contributed by atoms with Gasteiger partial charge in [-0.15, -0.1) is 24.8 Å². The first kappa shape index (κ1) is 25.1. The molecule has 0 spiro atoms. The number of likely N-dealkylation sites (N-methyl/N-ethyl adjacent to an activating group) is 1. The van der Waals surface area contributed by atoms with E-state index in [1.807, 2.05) is 25.2 Å². The van der Waals surface area contributed by atoms with Crippen LogP contribution in [-0.4, -0.2) is 63.5 Å². The van der Waals surface area contributed by atoms with Crippen LogP contribution in [0.15, 0.2) is 30.3 Å². The average Bonchev–Trinajstić information content (AvgIpc) is 2.55. The predicted octanol–water partition coefficient (Wildman–Crippen LogP) is 1.25. The second kappa shape index (κ2) is 11.1. The lowest BCUT2D eigenvalue weighted by atomic mass is 9.96. The van der Waals surface area contributed by atoms with Gasteiger partial charge in [-0.25, -0.2) is 8.42 Å². The minimum Gasteiger partial charge on any atom is -0.353 e. The van der Waals surface area contributed by atoms with Gasteiger partial charge in [-0.05, 0) is 38.5 Å². The topological polar surface area (TPSA) is 78.5 Å². The lowest BCUT2D eigenvalue weighted by Gasteiger charge is -2.34. The maximum Gasteiger partial charge on any atom is 0.241 e. The highest BCUT2D eigenvalue weighted by Crippen LogP contribution is 2.27. The number of benzene rings is 1. The fourth-order valence-electron chi connectivity index (χ4n) is 3.09. The molecular formula is C17H29Cl2N3O3S. The summed E-state index contributed by atoms with van der Waals surface area (Å²) in [5.41, 5.74) is 1.21. The van der Waals surface area contributed by atoms with Crippen molar-refractivity contribution in [2.45, 2.75) is 24.1 Å². The van der Waals surface area contributed by atoms with Gasteiger partial charge in [-0.1, -0.05) is 30.3 Å². The molecule has 1 aliphatic rings. The van der Waals surface area contributed by atoms with Crippen molar-refractivity contribution in [2.24, 2.45) is 0 Å². The maximum absolute atomic E-state index is 12.6. The van der Waals surface area contributed by atoms with Gasteiger partial charge in [0, 0.05) is 25.9 Å². The molecular weight excluding hydrogens is 397 g/mol. The van der Waals surface area contributed by atoms with Crippen LogP contribution in [0, 0.1) is 0 Å². The van der Waals surface area contributed by atoms with Crippen LogP contribution in [0.4, 0.5) is 0 Å². The number of carbonyl (C=O) groups excluding carboxylic acids is 1. The molecule has 2 rings (SSSR count). The zero-order chi connectivity index (χ0) is 17.6. The van der Waals surface area contributed by atoms with Crippen LogP contribution in [0.3, 0.4) is 0 Å². The summed E-state index contributed by atoms with van der Waals surface area (Å²) in [5.74, 6) is -0.361. The quantitative estimate of drug-likeness (QED) is 0.686. The summed E-state index contributed by atoms with van der Waals surface area (Å²) in [5, 5.41) is 5.94. The molecule has 0 unspecified atom stereocenters. The second-order valence-corrected chi connectivity index (χ2v) is 8.82. The minimum absolute atomic E-state index is 0. The van der Waals surface area contributed by atoms with E-state index >= 15 is 0 Å². The summed E-state index contributed by atoms with van der Waals surface area (Å²) in [6.45, 7) is 2.99. The average molecular weight is 426 g/mol. The molecule has 1 aromatic carbocycles. The van der Waals surface area contributed by atoms with Gasteiger partial charge in [-0.2, -0.15) is 0 Å². The smallest absolute Gasteiger partial charge is 0.241 e. The van der Waals surface area contributed by atoms with Crippen molar-refractivity contribution in [1.29, 1.82) is 0 Å². The van der Waals surface area contributed by atoms with E-state index in [9.17, 15) is 13.2 Å². The van der Waals surface area contributed by atoms with E-state index in [1.165, 1.54) is 11.8 Å². The van der Waals surface area contributed by atoms with Gasteiger partial charge in [-0.3, -0.25) is 4.79 Å². The summed E-state index contributed by atoms with van der Waals surface area (Å²) in [6.07, 6.45) is 1.83. The Bertz CT molecular complexity index is 650. The number of piperidine rings is 1. The highest BCUT2D eigenvalue weighted by Gasteiger charge is 2.48. The monoisotopic (exact) mass is 425 g/mol. The van der Waals surface area contributed by atoms with Crippen molar-refractivity contribution in [2.75, 3.05) is 39.5 Å². The molecule has 0 aliphatic carbocycles. The molecule has 1 aliphatic heterocycles. The van der Waals surface area contributed by atoms with Gasteiger partial charge in [0.2, 0.25) is 5.91 Å². The third-order valence-electron chi connectivity index (χ3n) is 4.61. The summed E-state index contributed by atoms with van der Waals surface area (Å²) < 4.78 is 23.1. The van der Waals surface area contributed by atoms with E-state index in [4.69, 9.17) is 0 Å². The summed E-state index contributed by atoms with van der Waals surface area (Å²) >= 11 is 0. The number of carbonyl (C=O) groups is 1. The largest absolute Gasteiger partial charge is 0.353 e. The van der Waals surface area contributed by atoms with Crippen LogP contribution in [0.25, 0.3) is 0 Å². The van der Waals surface area contributed by atoms with Gasteiger partial charge < -0.3 is 15.5 Å². The number of halogens is 2. The van der Waals surface area contributed by atoms with Crippen molar-refractivity contribution < 1.29 is 13.2 Å². The fraction of sp³-hybridized carbons (Fsp3) is 0.588. The zero-order valence-corrected chi connectivity index (χ0v) is 17.7. The Hall–Kier alpha value is -0.860. The maximum atomic E-state index is 12.6. The van der Waals surface area contributed by atoms with Gasteiger partial charge >= 0.3 is 0 Å². The normalized spacial score (nSPS) is 16.3. The number of hydrogen-bond donors (Lipinski definition) is 2. The Balaban J connectivity index is 0.00000312. The van der Waals surface area contributed by atoms with Crippen LogP contribution in [0.1, 0.15) is 18.4 Å². The highest BCUT2D eigenvalue weighted by atomic mass is 35.5. The Morgan fingerprint density at radius 3 is 2.31 bits per heavy atom. The Morgan fingerprint density at radius 1 is 1.19 bits per heavy atom. The number of rotatable bonds is 7. The molecule has 1 heterocycles. The van der Waals surface area contributed by atoms with Crippen molar-refractivity contribution in [3.8, 4) is 0 Å². The lowest BCUT2D eigenvalue weighted by Crippen LogP contribution is -2.57. The van der Waals surface area contributed by atoms with E-state index in [2.05, 4.69) is 27.7 Å². The van der Waals surface area contributed by atoms with Crippen molar-refractivity contribution >= 4 is 40.6 Å². The second-order valence-electron chi connectivity index (χ2n) is 6.50. The molecule has 0 radical (unpaired) electrons. The van der Waals surface area contributed by atoms with Gasteiger partial charge in [0.15, 0.2) is 14.6 Å². The van der Waals surface area contributed by atoms with Crippen molar-refractivity contribution in [3.63, 3.8) is 0 Å². The van der Waals surface area contributed by atoms with E-state index in [1.54, 1.807) is 0 Å². The molecule has 150 valence electrons. The third kappa shape index (κ3) is 6.39. The van der Waals surface area contributed by atoms with Crippen LogP contribution in [0.2, 0.25) is 0 Å². The van der Waals surface area contributed by atoms with Crippen LogP contribution < -0.4 is 10.6 Å². The van der Waals surface area contributed by atoms with E-state index in [-0.39, 0.29) is 30.7 Å². The Morgan fingerprint density at radius 2 is 1.77 bits per heavy atom. The van der Waals surface area contributed by atoms with Crippen LogP contribution >= 0.6 is 24.8 Å². The Kier molecular flexibility index (Phi) is 10.7. The van der Waals surface area contributed by atoms with Crippen LogP contribution in [0.5, 0.6) is 0 Å². The standard InChI is InChI=1S/C17H27N3O3S.2ClH/c1-20(14-15-6-4-3-5-7-15)13-12-19-16(21)17(24(2,22)23)8-10-18-11-9-17;;/h3-7,18H,8-14H2,1-2H3,(H,19,21);2*1H. The highest BCUT2D eigenvalue weighted by molar-refractivity contribution is 7.92. The molecule has 0 atom stereocenters. The molecule has 1 fully saturated rings. The summed E-state index contributed by atoms with van der Waals surface area (Å²) in [6, 6.07) is 10.1. The number of hydrogen-bond acceptors (Lipinski definition) is 5. The van der Waals surface area contributed by atoms with Gasteiger partial charge in [0.25, 0.3) is 0 Å². The molecule has 1 aromatic rings. The first-order chi connectivity index (χ1) is 11.3. The molecule has 0 saturated carbocycles. The molecule has 6 nitrogen and oxygen atoms in total. The molecule has 0 aromatic heterocycles. The number of nitrogens with one attached hydrogen (secondary N) is 2. The van der Waals surface area contributed by atoms with E-state index in [0.29, 0.717) is 39.0 Å². The Labute approximate surface area is 168 Å². The first-order valence-corrected chi connectivity index (χ1v) is 10.2. The van der Waals surface area contributed by atoms with Crippen LogP contribution in [-0.2, 0) is 21.2 Å². The molecule has 2 N–H and O–H groups in total. The zero-order valence-electron chi connectivity index (χ0n) is 15.2. The molecule has 0 bridgehead atoms. The van der Waals surface area contributed by atoms with E-state index < -0.39 is 14.6 Å². The molecule has 9 heteroatoms. The number of sulfone groups is 1. The summed E-state index contributed by atoms with van der Waals surface area (Å²) in [4.78, 5) is 14.7. The van der Waals surface area contributed by atoms with Gasteiger partial charge in [0.1, 0.15) is 0 Å². The SMILES string of the molecule is CN(CCNC(=O)C1(S(C)(=O)=O)CCNCC1)Cc1ccccc1.Cl.Cl. The fourth-order valence-corrected chi connectivity index (χ4v) is 4.45. The molecule has 1 amide bonds. The predicted molar refractivity (Wildman–Crippen MR) is 110 cm³/mol. The first-order valence-electron chi connectivity index (χ1n) is 8.26. The third-order valence-corrected chi connectivity index (χ3v) is 6.62. The lowest BCUT2D eigenvalue weighted by molar-refractivity contribution is -0.124.